The smallest absolute Gasteiger partial charge is 0.297 e. The van der Waals surface area contributed by atoms with Crippen molar-refractivity contribution >= 4 is 40.4 Å². The summed E-state index contributed by atoms with van der Waals surface area (Å²) in [5, 5.41) is 12.3. The number of nitrogens with one attached hydrogen (secondary N) is 2. The molecule has 0 bridgehead atoms. The van der Waals surface area contributed by atoms with E-state index in [9.17, 15) is 19.7 Å². The quantitative estimate of drug-likeness (QED) is 0.130. The molecule has 0 saturated carbocycles. The van der Waals surface area contributed by atoms with Gasteiger partial charge in [-0.2, -0.15) is 5.01 Å². The van der Waals surface area contributed by atoms with E-state index < -0.39 is 16.7 Å². The number of hydrogen-bond acceptors (Lipinski definition) is 9. The van der Waals surface area contributed by atoms with Crippen LogP contribution in [0.1, 0.15) is 21.5 Å². The molecule has 4 aromatic carbocycles. The topological polar surface area (TPSA) is 161 Å². The summed E-state index contributed by atoms with van der Waals surface area (Å²) in [7, 11) is 4.48. The number of carbonyl (C=O) groups excluding carboxylic acids is 2. The molecule has 0 spiro atoms. The number of H-pyrrole nitrogens is 1. The van der Waals surface area contributed by atoms with Crippen molar-refractivity contribution in [3.05, 3.63) is 117 Å². The Bertz CT molecular complexity index is 2040. The minimum Gasteiger partial charge on any atom is -0.493 e. The minimum absolute atomic E-state index is 0.0561. The molecule has 0 radical (unpaired) electrons. The summed E-state index contributed by atoms with van der Waals surface area (Å²) in [6.07, 6.45) is 1.56. The van der Waals surface area contributed by atoms with Crippen molar-refractivity contribution < 1.29 is 28.7 Å². The first kappa shape index (κ1) is 29.6. The molecule has 0 atom stereocenters. The molecule has 230 valence electrons. The lowest BCUT2D eigenvalue weighted by Crippen LogP contribution is -2.47. The lowest BCUT2D eigenvalue weighted by atomic mass is 10.1. The van der Waals surface area contributed by atoms with Crippen LogP contribution >= 0.6 is 0 Å². The fraction of sp³-hybridized carbons (Fsp3) is 0.0909. The third-order valence-corrected chi connectivity index (χ3v) is 7.20. The molecule has 2 N–H and O–H groups in total. The number of hydrazine groups is 1. The van der Waals surface area contributed by atoms with Crippen molar-refractivity contribution in [2.24, 2.45) is 4.99 Å². The van der Waals surface area contributed by atoms with Gasteiger partial charge in [0, 0.05) is 23.3 Å². The molecule has 5 aromatic rings. The first-order chi connectivity index (χ1) is 22.3. The van der Waals surface area contributed by atoms with Gasteiger partial charge in [-0.15, -0.1) is 0 Å². The summed E-state index contributed by atoms with van der Waals surface area (Å²) in [4.78, 5) is 50.6. The first-order valence-corrected chi connectivity index (χ1v) is 13.9. The Kier molecular flexibility index (Phi) is 7.87. The maximum Gasteiger partial charge on any atom is 0.297 e. The van der Waals surface area contributed by atoms with Crippen molar-refractivity contribution in [2.75, 3.05) is 21.3 Å². The van der Waals surface area contributed by atoms with Gasteiger partial charge in [-0.25, -0.2) is 9.98 Å². The molecule has 1 aromatic heterocycles. The third kappa shape index (κ3) is 5.48. The number of carbonyl (C=O) groups is 2. The number of ether oxygens (including phenoxy) is 3. The van der Waals surface area contributed by atoms with Crippen LogP contribution in [0.3, 0.4) is 0 Å². The largest absolute Gasteiger partial charge is 0.493 e. The Morgan fingerprint density at radius 1 is 0.935 bits per heavy atom. The average Bonchev–Trinajstić information content (AvgIpc) is 3.64. The second-order valence-electron chi connectivity index (χ2n) is 9.96. The molecule has 1 aliphatic rings. The van der Waals surface area contributed by atoms with Crippen LogP contribution in [0.2, 0.25) is 0 Å². The summed E-state index contributed by atoms with van der Waals surface area (Å²) in [5.41, 5.74) is 5.38. The number of nitro benzene ring substituents is 1. The number of aromatic nitrogens is 2. The van der Waals surface area contributed by atoms with Gasteiger partial charge in [0.2, 0.25) is 5.75 Å². The van der Waals surface area contributed by atoms with E-state index in [1.165, 1.54) is 33.5 Å². The molecule has 2 amide bonds. The van der Waals surface area contributed by atoms with Gasteiger partial charge in [0.1, 0.15) is 11.5 Å². The molecule has 0 aliphatic carbocycles. The van der Waals surface area contributed by atoms with Crippen LogP contribution in [-0.4, -0.2) is 58.9 Å². The van der Waals surface area contributed by atoms with Gasteiger partial charge in [-0.1, -0.05) is 48.5 Å². The number of amides is 2. The van der Waals surface area contributed by atoms with E-state index in [1.807, 2.05) is 6.07 Å². The number of methoxy groups -OCH3 is 3. The number of nitro groups is 1. The van der Waals surface area contributed by atoms with Crippen LogP contribution in [0.15, 0.2) is 95.6 Å². The molecule has 6 rings (SSSR count). The van der Waals surface area contributed by atoms with Crippen LogP contribution < -0.4 is 19.6 Å². The standard InChI is InChI=1S/C33H26N6O7/c1-44-27-16-19(17-28(45-2)29(27)46-3)15-26-33(41)38(31(36-26)20-9-5-4-6-10-20)37-32(40)23-12-8-7-11-22(23)30-34-24-14-13-21(39(42)43)18-25(24)35-30/h4-18H,1-3H3,(H,34,35)(H,37,40)/b26-15-. The van der Waals surface area contributed by atoms with Crippen LogP contribution in [-0.2, 0) is 4.79 Å². The normalized spacial score (nSPS) is 13.5. The highest BCUT2D eigenvalue weighted by molar-refractivity contribution is 6.20. The van der Waals surface area contributed by atoms with E-state index in [-0.39, 0.29) is 22.8 Å². The maximum atomic E-state index is 13.8. The molecular weight excluding hydrogens is 592 g/mol. The molecule has 1 aliphatic heterocycles. The van der Waals surface area contributed by atoms with E-state index in [4.69, 9.17) is 14.2 Å². The van der Waals surface area contributed by atoms with Gasteiger partial charge in [-0.3, -0.25) is 25.1 Å². The number of fused-ring (bicyclic) bond motifs is 1. The monoisotopic (exact) mass is 618 g/mol. The van der Waals surface area contributed by atoms with Gasteiger partial charge < -0.3 is 19.2 Å². The average molecular weight is 619 g/mol. The molecule has 2 heterocycles. The zero-order chi connectivity index (χ0) is 32.4. The molecule has 13 nitrogen and oxygen atoms in total. The van der Waals surface area contributed by atoms with E-state index in [1.54, 1.807) is 72.8 Å². The van der Waals surface area contributed by atoms with E-state index in [0.29, 0.717) is 50.8 Å². The second kappa shape index (κ2) is 12.2. The number of benzene rings is 4. The summed E-state index contributed by atoms with van der Waals surface area (Å²) >= 11 is 0. The molecule has 46 heavy (non-hydrogen) atoms. The highest BCUT2D eigenvalue weighted by Crippen LogP contribution is 2.39. The zero-order valence-corrected chi connectivity index (χ0v) is 24.8. The Labute approximate surface area is 261 Å². The van der Waals surface area contributed by atoms with E-state index >= 15 is 0 Å². The van der Waals surface area contributed by atoms with Crippen molar-refractivity contribution in [3.8, 4) is 28.6 Å². The van der Waals surface area contributed by atoms with Crippen molar-refractivity contribution in [2.45, 2.75) is 0 Å². The van der Waals surface area contributed by atoms with Crippen LogP contribution in [0, 0.1) is 10.1 Å². The Balaban J connectivity index is 1.36. The molecule has 0 fully saturated rings. The van der Waals surface area contributed by atoms with Crippen molar-refractivity contribution in [1.82, 2.24) is 20.4 Å². The Morgan fingerprint density at radius 3 is 2.30 bits per heavy atom. The molecule has 13 heteroatoms. The fourth-order valence-corrected chi connectivity index (χ4v) is 5.03. The van der Waals surface area contributed by atoms with Gasteiger partial charge in [0.05, 0.1) is 42.8 Å². The summed E-state index contributed by atoms with van der Waals surface area (Å²) in [6.45, 7) is 0. The predicted molar refractivity (Wildman–Crippen MR) is 170 cm³/mol. The number of non-ortho nitro benzene ring substituents is 1. The van der Waals surface area contributed by atoms with Gasteiger partial charge >= 0.3 is 0 Å². The predicted octanol–water partition coefficient (Wildman–Crippen LogP) is 5.14. The minimum atomic E-state index is -0.604. The van der Waals surface area contributed by atoms with Gasteiger partial charge in [0.15, 0.2) is 17.3 Å². The molecular formula is C33H26N6O7. The Hall–Kier alpha value is -6.50. The molecule has 0 unspecified atom stereocenters. The lowest BCUT2D eigenvalue weighted by molar-refractivity contribution is -0.384. The van der Waals surface area contributed by atoms with Gasteiger partial charge in [0.25, 0.3) is 17.5 Å². The van der Waals surface area contributed by atoms with Crippen molar-refractivity contribution in [1.29, 1.82) is 0 Å². The fourth-order valence-electron chi connectivity index (χ4n) is 5.03. The van der Waals surface area contributed by atoms with Crippen LogP contribution in [0.4, 0.5) is 5.69 Å². The van der Waals surface area contributed by atoms with E-state index in [0.717, 1.165) is 5.01 Å². The SMILES string of the molecule is COc1cc(/C=C2\N=C(c3ccccc3)N(NC(=O)c3ccccc3-c3nc4cc([N+](=O)[O-])ccc4[nH]3)C2=O)cc(OC)c1OC. The van der Waals surface area contributed by atoms with Crippen molar-refractivity contribution in [3.63, 3.8) is 0 Å². The van der Waals surface area contributed by atoms with Gasteiger partial charge in [-0.05, 0) is 35.9 Å². The lowest BCUT2D eigenvalue weighted by Gasteiger charge is -2.20. The number of imidazole rings is 1. The summed E-state index contributed by atoms with van der Waals surface area (Å²) in [5.74, 6) is 0.554. The number of aromatic amines is 1. The number of amidine groups is 1. The second-order valence-corrected chi connectivity index (χ2v) is 9.96. The summed E-state index contributed by atoms with van der Waals surface area (Å²) < 4.78 is 16.3. The molecule has 0 saturated heterocycles. The summed E-state index contributed by atoms with van der Waals surface area (Å²) in [6, 6.07) is 23.3. The zero-order valence-electron chi connectivity index (χ0n) is 24.8. The number of nitrogens with zero attached hydrogens (tertiary/aromatic N) is 4. The van der Waals surface area contributed by atoms with E-state index in [2.05, 4.69) is 20.4 Å². The van der Waals surface area contributed by atoms with Crippen LogP contribution in [0.5, 0.6) is 17.2 Å². The van der Waals surface area contributed by atoms with Crippen LogP contribution in [0.25, 0.3) is 28.5 Å². The first-order valence-electron chi connectivity index (χ1n) is 13.9. The number of hydrogen-bond donors (Lipinski definition) is 2. The Morgan fingerprint density at radius 2 is 1.63 bits per heavy atom. The number of rotatable bonds is 9. The number of aliphatic imine (C=N–C) groups is 1. The maximum absolute atomic E-state index is 13.8. The highest BCUT2D eigenvalue weighted by Gasteiger charge is 2.34. The third-order valence-electron chi connectivity index (χ3n) is 7.20. The highest BCUT2D eigenvalue weighted by atomic mass is 16.6.